The van der Waals surface area contributed by atoms with Crippen molar-refractivity contribution in [2.75, 3.05) is 31.2 Å². The molecular weight excluding hydrogens is 260 g/mol. The number of hydrogen-bond acceptors (Lipinski definition) is 4. The second-order valence-electron chi connectivity index (χ2n) is 5.15. The van der Waals surface area contributed by atoms with Crippen LogP contribution in [0.1, 0.15) is 19.8 Å². The van der Waals surface area contributed by atoms with Crippen LogP contribution in [0, 0.1) is 0 Å². The zero-order valence-corrected chi connectivity index (χ0v) is 12.4. The largest absolute Gasteiger partial charge is 0.382 e. The van der Waals surface area contributed by atoms with E-state index in [1.807, 2.05) is 6.07 Å². The number of nitrogens with zero attached hydrogens (tertiary/aromatic N) is 1. The molecule has 106 valence electrons. The molecule has 1 N–H and O–H groups in total. The van der Waals surface area contributed by atoms with Gasteiger partial charge in [0.2, 0.25) is 0 Å². The highest BCUT2D eigenvalue weighted by molar-refractivity contribution is 7.90. The number of hydrogen-bond donors (Lipinski definition) is 1. The van der Waals surface area contributed by atoms with Crippen molar-refractivity contribution in [2.24, 2.45) is 0 Å². The summed E-state index contributed by atoms with van der Waals surface area (Å²) in [4.78, 5) is 2.81. The Labute approximate surface area is 115 Å². The minimum Gasteiger partial charge on any atom is -0.382 e. The van der Waals surface area contributed by atoms with E-state index in [-0.39, 0.29) is 0 Å². The van der Waals surface area contributed by atoms with Crippen LogP contribution in [0.3, 0.4) is 0 Å². The molecule has 1 aliphatic rings. The van der Waals surface area contributed by atoms with Gasteiger partial charge in [-0.05, 0) is 37.6 Å². The number of piperidine rings is 1. The van der Waals surface area contributed by atoms with Gasteiger partial charge in [0.25, 0.3) is 0 Å². The van der Waals surface area contributed by atoms with Crippen LogP contribution in [0.4, 0.5) is 5.69 Å². The lowest BCUT2D eigenvalue weighted by atomic mass is 10.0. The second kappa shape index (κ2) is 5.92. The lowest BCUT2D eigenvalue weighted by molar-refractivity contribution is 0.229. The molecule has 1 aromatic carbocycles. The number of rotatable bonds is 4. The smallest absolute Gasteiger partial charge is 0.175 e. The lowest BCUT2D eigenvalue weighted by Crippen LogP contribution is -2.38. The Balaban J connectivity index is 2.00. The number of anilines is 1. The topological polar surface area (TPSA) is 49.4 Å². The van der Waals surface area contributed by atoms with E-state index in [1.54, 1.807) is 18.2 Å². The highest BCUT2D eigenvalue weighted by Crippen LogP contribution is 2.19. The fourth-order valence-corrected chi connectivity index (χ4v) is 3.11. The fourth-order valence-electron chi connectivity index (χ4n) is 2.45. The highest BCUT2D eigenvalue weighted by Gasteiger charge is 2.18. The van der Waals surface area contributed by atoms with Gasteiger partial charge < -0.3 is 10.2 Å². The molecule has 0 aromatic heterocycles. The van der Waals surface area contributed by atoms with Gasteiger partial charge in [-0.25, -0.2) is 8.42 Å². The predicted molar refractivity (Wildman–Crippen MR) is 78.3 cm³/mol. The van der Waals surface area contributed by atoms with Crippen LogP contribution in [0.2, 0.25) is 0 Å². The van der Waals surface area contributed by atoms with E-state index in [2.05, 4.69) is 17.1 Å². The first-order valence-electron chi connectivity index (χ1n) is 6.78. The Bertz CT molecular complexity index is 520. The molecule has 1 heterocycles. The first-order valence-corrected chi connectivity index (χ1v) is 8.67. The molecule has 1 aromatic rings. The third kappa shape index (κ3) is 3.94. The van der Waals surface area contributed by atoms with Crippen molar-refractivity contribution in [3.8, 4) is 0 Å². The molecule has 0 radical (unpaired) electrons. The summed E-state index contributed by atoms with van der Waals surface area (Å²) in [6.07, 6.45) is 3.46. The quantitative estimate of drug-likeness (QED) is 0.917. The fraction of sp³-hybridized carbons (Fsp3) is 0.571. The maximum Gasteiger partial charge on any atom is 0.175 e. The van der Waals surface area contributed by atoms with Crippen LogP contribution >= 0.6 is 0 Å². The monoisotopic (exact) mass is 282 g/mol. The zero-order valence-electron chi connectivity index (χ0n) is 11.6. The lowest BCUT2D eigenvalue weighted by Gasteiger charge is -2.32. The normalized spacial score (nSPS) is 18.4. The molecule has 0 unspecified atom stereocenters. The predicted octanol–water partition coefficient (Wildman–Crippen LogP) is 1.99. The third-order valence-corrected chi connectivity index (χ3v) is 4.78. The van der Waals surface area contributed by atoms with E-state index < -0.39 is 9.84 Å². The Kier molecular flexibility index (Phi) is 4.47. The van der Waals surface area contributed by atoms with Crippen LogP contribution in [0.25, 0.3) is 0 Å². The van der Waals surface area contributed by atoms with Crippen LogP contribution in [-0.4, -0.2) is 45.2 Å². The van der Waals surface area contributed by atoms with Crippen molar-refractivity contribution in [1.29, 1.82) is 0 Å². The Morgan fingerprint density at radius 3 is 2.58 bits per heavy atom. The highest BCUT2D eigenvalue weighted by atomic mass is 32.2. The average Bonchev–Trinajstić information content (AvgIpc) is 2.39. The third-order valence-electron chi connectivity index (χ3n) is 3.67. The summed E-state index contributed by atoms with van der Waals surface area (Å²) < 4.78 is 23.0. The van der Waals surface area contributed by atoms with Gasteiger partial charge >= 0.3 is 0 Å². The van der Waals surface area contributed by atoms with Crippen molar-refractivity contribution >= 4 is 15.5 Å². The molecule has 1 aliphatic heterocycles. The molecule has 1 fully saturated rings. The summed E-state index contributed by atoms with van der Waals surface area (Å²) in [7, 11) is -3.13. The molecular formula is C14H22N2O2S. The molecule has 2 rings (SSSR count). The minimum absolute atomic E-state index is 0.378. The van der Waals surface area contributed by atoms with Crippen molar-refractivity contribution in [2.45, 2.75) is 30.7 Å². The molecule has 5 heteroatoms. The summed E-state index contributed by atoms with van der Waals surface area (Å²) in [6, 6.07) is 7.53. The van der Waals surface area contributed by atoms with E-state index >= 15 is 0 Å². The number of sulfone groups is 1. The second-order valence-corrected chi connectivity index (χ2v) is 7.17. The Morgan fingerprint density at radius 2 is 2.00 bits per heavy atom. The molecule has 0 aliphatic carbocycles. The standard InChI is InChI=1S/C14H22N2O2S/c1-3-16-9-7-12(8-10-16)15-13-5-4-6-14(11-13)19(2,17)18/h4-6,11-12,15H,3,7-10H2,1-2H3. The summed E-state index contributed by atoms with van der Waals surface area (Å²) in [6.45, 7) is 5.51. The van der Waals surface area contributed by atoms with Gasteiger partial charge in [-0.2, -0.15) is 0 Å². The molecule has 19 heavy (non-hydrogen) atoms. The van der Waals surface area contributed by atoms with Crippen molar-refractivity contribution in [3.63, 3.8) is 0 Å². The molecule has 4 nitrogen and oxygen atoms in total. The number of likely N-dealkylation sites (tertiary alicyclic amines) is 1. The SMILES string of the molecule is CCN1CCC(Nc2cccc(S(C)(=O)=O)c2)CC1. The maximum absolute atomic E-state index is 11.5. The van der Waals surface area contributed by atoms with Gasteiger partial charge in [-0.1, -0.05) is 13.0 Å². The minimum atomic E-state index is -3.13. The van der Waals surface area contributed by atoms with Crippen LogP contribution < -0.4 is 5.32 Å². The summed E-state index contributed by atoms with van der Waals surface area (Å²) in [5.41, 5.74) is 0.901. The number of nitrogens with one attached hydrogen (secondary N) is 1. The van der Waals surface area contributed by atoms with Gasteiger partial charge in [0.05, 0.1) is 4.90 Å². The van der Waals surface area contributed by atoms with E-state index in [9.17, 15) is 8.42 Å². The molecule has 0 bridgehead atoms. The summed E-state index contributed by atoms with van der Waals surface area (Å²) in [5.74, 6) is 0. The zero-order chi connectivity index (χ0) is 13.9. The molecule has 1 saturated heterocycles. The van der Waals surface area contributed by atoms with Crippen LogP contribution in [0.15, 0.2) is 29.2 Å². The molecule has 0 spiro atoms. The van der Waals surface area contributed by atoms with E-state index in [4.69, 9.17) is 0 Å². The van der Waals surface area contributed by atoms with Gasteiger partial charge in [-0.15, -0.1) is 0 Å². The van der Waals surface area contributed by atoms with Gasteiger partial charge in [0.1, 0.15) is 0 Å². The summed E-state index contributed by atoms with van der Waals surface area (Å²) >= 11 is 0. The van der Waals surface area contributed by atoms with Gasteiger partial charge in [-0.3, -0.25) is 0 Å². The summed E-state index contributed by atoms with van der Waals surface area (Å²) in [5, 5.41) is 3.45. The Morgan fingerprint density at radius 1 is 1.32 bits per heavy atom. The molecule has 0 saturated carbocycles. The molecule has 0 atom stereocenters. The first kappa shape index (κ1) is 14.3. The van der Waals surface area contributed by atoms with Gasteiger partial charge in [0, 0.05) is 31.1 Å². The van der Waals surface area contributed by atoms with Crippen molar-refractivity contribution < 1.29 is 8.42 Å². The van der Waals surface area contributed by atoms with Crippen LogP contribution in [-0.2, 0) is 9.84 Å². The van der Waals surface area contributed by atoms with E-state index in [1.165, 1.54) is 6.26 Å². The van der Waals surface area contributed by atoms with Crippen LogP contribution in [0.5, 0.6) is 0 Å². The number of benzene rings is 1. The Hall–Kier alpha value is -1.07. The molecule has 0 amide bonds. The van der Waals surface area contributed by atoms with E-state index in [0.717, 1.165) is 38.2 Å². The average molecular weight is 282 g/mol. The van der Waals surface area contributed by atoms with Crippen molar-refractivity contribution in [3.05, 3.63) is 24.3 Å². The van der Waals surface area contributed by atoms with Gasteiger partial charge in [0.15, 0.2) is 9.84 Å². The maximum atomic E-state index is 11.5. The van der Waals surface area contributed by atoms with E-state index in [0.29, 0.717) is 10.9 Å². The first-order chi connectivity index (χ1) is 8.99. The van der Waals surface area contributed by atoms with Crippen molar-refractivity contribution in [1.82, 2.24) is 4.90 Å².